The van der Waals surface area contributed by atoms with Crippen LogP contribution in [0.4, 0.5) is 0 Å². The Bertz CT molecular complexity index is 1210. The average Bonchev–Trinajstić information content (AvgIpc) is 3.19. The van der Waals surface area contributed by atoms with Crippen molar-refractivity contribution in [2.45, 2.75) is 19.9 Å². The van der Waals surface area contributed by atoms with E-state index in [4.69, 9.17) is 4.74 Å². The second-order valence-electron chi connectivity index (χ2n) is 6.66. The molecule has 2 aromatic carbocycles. The molecule has 0 saturated carbocycles. The highest BCUT2D eigenvalue weighted by Gasteiger charge is 2.21. The highest BCUT2D eigenvalue weighted by atomic mass is 32.1. The summed E-state index contributed by atoms with van der Waals surface area (Å²) in [7, 11) is 0. The first-order valence-corrected chi connectivity index (χ1v) is 10.3. The Hall–Kier alpha value is -3.25. The van der Waals surface area contributed by atoms with Crippen LogP contribution in [0.15, 0.2) is 71.1 Å². The van der Waals surface area contributed by atoms with Crippen LogP contribution in [0.2, 0.25) is 0 Å². The summed E-state index contributed by atoms with van der Waals surface area (Å²) in [6, 6.07) is 17.5. The number of carbonyl (C=O) groups is 1. The van der Waals surface area contributed by atoms with Gasteiger partial charge < -0.3 is 4.74 Å². The largest absolute Gasteiger partial charge is 0.464 e. The lowest BCUT2D eigenvalue weighted by molar-refractivity contribution is -0.146. The molecule has 4 aromatic rings. The fourth-order valence-corrected chi connectivity index (χ4v) is 4.19. The Balaban J connectivity index is 1.76. The predicted molar refractivity (Wildman–Crippen MR) is 116 cm³/mol. The fourth-order valence-electron chi connectivity index (χ4n) is 3.28. The third kappa shape index (κ3) is 3.59. The highest BCUT2D eigenvalue weighted by Crippen LogP contribution is 2.32. The lowest BCUT2D eigenvalue weighted by Crippen LogP contribution is -2.29. The van der Waals surface area contributed by atoms with E-state index in [0.717, 1.165) is 22.3 Å². The number of aromatic nitrogens is 2. The summed E-state index contributed by atoms with van der Waals surface area (Å²) in [5.41, 5.74) is 3.78. The zero-order valence-corrected chi connectivity index (χ0v) is 17.0. The van der Waals surface area contributed by atoms with Crippen LogP contribution in [0.5, 0.6) is 0 Å². The maximum absolute atomic E-state index is 13.1. The molecule has 6 heteroatoms. The van der Waals surface area contributed by atoms with Gasteiger partial charge in [0.05, 0.1) is 18.3 Å². The van der Waals surface area contributed by atoms with Crippen LogP contribution >= 0.6 is 11.3 Å². The van der Waals surface area contributed by atoms with E-state index in [1.54, 1.807) is 13.8 Å². The zero-order chi connectivity index (χ0) is 20.4. The first kappa shape index (κ1) is 19.1. The van der Waals surface area contributed by atoms with Gasteiger partial charge in [-0.1, -0.05) is 54.6 Å². The molecule has 1 atom stereocenters. The number of hydrogen-bond acceptors (Lipinski definition) is 5. The molecule has 0 aliphatic rings. The lowest BCUT2D eigenvalue weighted by Gasteiger charge is -2.13. The molecular weight excluding hydrogens is 384 g/mol. The minimum Gasteiger partial charge on any atom is -0.464 e. The normalized spacial score (nSPS) is 12.1. The number of hydrogen-bond donors (Lipinski definition) is 0. The number of nitrogens with zero attached hydrogens (tertiary/aromatic N) is 2. The van der Waals surface area contributed by atoms with Crippen molar-refractivity contribution in [2.24, 2.45) is 0 Å². The van der Waals surface area contributed by atoms with Gasteiger partial charge in [0, 0.05) is 10.9 Å². The summed E-state index contributed by atoms with van der Waals surface area (Å²) in [4.78, 5) is 30.3. The molecule has 0 aliphatic heterocycles. The molecule has 146 valence electrons. The molecule has 0 amide bonds. The van der Waals surface area contributed by atoms with Crippen molar-refractivity contribution >= 4 is 27.5 Å². The van der Waals surface area contributed by atoms with E-state index >= 15 is 0 Å². The topological polar surface area (TPSA) is 61.2 Å². The van der Waals surface area contributed by atoms with Crippen LogP contribution in [-0.4, -0.2) is 22.1 Å². The van der Waals surface area contributed by atoms with Gasteiger partial charge in [0.2, 0.25) is 0 Å². The third-order valence-corrected chi connectivity index (χ3v) is 5.75. The number of carbonyl (C=O) groups excluding carboxylic acids is 1. The SMILES string of the molecule is CCOC(=O)[C@H](C)n1cnc2scc(-c3ccc(-c4ccccc4)cc3)c2c1=O. The smallest absolute Gasteiger partial charge is 0.328 e. The zero-order valence-electron chi connectivity index (χ0n) is 16.2. The van der Waals surface area contributed by atoms with Gasteiger partial charge in [0.25, 0.3) is 5.56 Å². The number of thiophene rings is 1. The second-order valence-corrected chi connectivity index (χ2v) is 7.52. The monoisotopic (exact) mass is 404 g/mol. The molecule has 0 fully saturated rings. The van der Waals surface area contributed by atoms with Gasteiger partial charge in [0.1, 0.15) is 10.9 Å². The molecule has 5 nitrogen and oxygen atoms in total. The predicted octanol–water partition coefficient (Wildman–Crippen LogP) is 4.92. The maximum Gasteiger partial charge on any atom is 0.328 e. The molecule has 0 radical (unpaired) electrons. The summed E-state index contributed by atoms with van der Waals surface area (Å²) in [5, 5.41) is 2.47. The molecule has 2 heterocycles. The average molecular weight is 404 g/mol. The van der Waals surface area contributed by atoms with Crippen molar-refractivity contribution in [1.82, 2.24) is 9.55 Å². The summed E-state index contributed by atoms with van der Waals surface area (Å²) in [6.45, 7) is 3.66. The van der Waals surface area contributed by atoms with E-state index in [1.807, 2.05) is 47.8 Å². The van der Waals surface area contributed by atoms with Gasteiger partial charge in [-0.2, -0.15) is 0 Å². The lowest BCUT2D eigenvalue weighted by atomic mass is 10.0. The maximum atomic E-state index is 13.1. The van der Waals surface area contributed by atoms with Crippen LogP contribution in [0.1, 0.15) is 19.9 Å². The summed E-state index contributed by atoms with van der Waals surface area (Å²) in [5.74, 6) is -0.445. The van der Waals surface area contributed by atoms with Crippen molar-refractivity contribution < 1.29 is 9.53 Å². The summed E-state index contributed by atoms with van der Waals surface area (Å²) < 4.78 is 6.40. The number of benzene rings is 2. The number of rotatable bonds is 5. The molecule has 29 heavy (non-hydrogen) atoms. The fraction of sp³-hybridized carbons (Fsp3) is 0.174. The van der Waals surface area contributed by atoms with Gasteiger partial charge in [0.15, 0.2) is 0 Å². The van der Waals surface area contributed by atoms with Gasteiger partial charge in [-0.05, 0) is 30.5 Å². The Morgan fingerprint density at radius 2 is 1.72 bits per heavy atom. The number of ether oxygens (including phenoxy) is 1. The van der Waals surface area contributed by atoms with Crippen molar-refractivity contribution in [1.29, 1.82) is 0 Å². The molecule has 0 unspecified atom stereocenters. The van der Waals surface area contributed by atoms with E-state index in [2.05, 4.69) is 17.1 Å². The van der Waals surface area contributed by atoms with E-state index in [-0.39, 0.29) is 12.2 Å². The molecule has 0 N–H and O–H groups in total. The molecular formula is C23H20N2O3S. The van der Waals surface area contributed by atoms with Gasteiger partial charge in [-0.25, -0.2) is 9.78 Å². The van der Waals surface area contributed by atoms with Crippen molar-refractivity contribution in [3.8, 4) is 22.3 Å². The minimum atomic E-state index is -0.729. The Morgan fingerprint density at radius 1 is 1.07 bits per heavy atom. The van der Waals surface area contributed by atoms with Crippen LogP contribution in [0, 0.1) is 0 Å². The Kier molecular flexibility index (Phi) is 5.27. The number of fused-ring (bicyclic) bond motifs is 1. The van der Waals surface area contributed by atoms with E-state index in [0.29, 0.717) is 10.2 Å². The molecule has 0 aliphatic carbocycles. The van der Waals surface area contributed by atoms with E-state index in [9.17, 15) is 9.59 Å². The second kappa shape index (κ2) is 8.01. The van der Waals surface area contributed by atoms with Crippen LogP contribution in [0.3, 0.4) is 0 Å². The first-order valence-electron chi connectivity index (χ1n) is 9.41. The highest BCUT2D eigenvalue weighted by molar-refractivity contribution is 7.17. The quantitative estimate of drug-likeness (QED) is 0.443. The number of esters is 1. The Labute approximate surface area is 172 Å². The van der Waals surface area contributed by atoms with Crippen molar-refractivity contribution in [3.63, 3.8) is 0 Å². The van der Waals surface area contributed by atoms with Crippen LogP contribution < -0.4 is 5.56 Å². The van der Waals surface area contributed by atoms with Crippen molar-refractivity contribution in [3.05, 3.63) is 76.7 Å². The Morgan fingerprint density at radius 3 is 2.41 bits per heavy atom. The standard InChI is InChI=1S/C23H20N2O3S/c1-3-28-23(27)15(2)25-14-24-21-20(22(25)26)19(13-29-21)18-11-9-17(10-12-18)16-7-5-4-6-8-16/h4-15H,3H2,1-2H3/t15-/m0/s1. The van der Waals surface area contributed by atoms with E-state index < -0.39 is 12.0 Å². The molecule has 0 spiro atoms. The first-order chi connectivity index (χ1) is 14.1. The van der Waals surface area contributed by atoms with E-state index in [1.165, 1.54) is 22.2 Å². The van der Waals surface area contributed by atoms with Gasteiger partial charge >= 0.3 is 5.97 Å². The molecule has 2 aromatic heterocycles. The van der Waals surface area contributed by atoms with Crippen molar-refractivity contribution in [2.75, 3.05) is 6.61 Å². The van der Waals surface area contributed by atoms with Gasteiger partial charge in [-0.3, -0.25) is 9.36 Å². The molecule has 0 bridgehead atoms. The molecule has 0 saturated heterocycles. The van der Waals surface area contributed by atoms with Gasteiger partial charge in [-0.15, -0.1) is 11.3 Å². The minimum absolute atomic E-state index is 0.237. The van der Waals surface area contributed by atoms with Crippen LogP contribution in [-0.2, 0) is 9.53 Å². The van der Waals surface area contributed by atoms with Crippen LogP contribution in [0.25, 0.3) is 32.5 Å². The molecule has 4 rings (SSSR count). The summed E-state index contributed by atoms with van der Waals surface area (Å²) >= 11 is 1.42. The third-order valence-electron chi connectivity index (χ3n) is 4.87. The summed E-state index contributed by atoms with van der Waals surface area (Å²) in [6.07, 6.45) is 1.42.